The van der Waals surface area contributed by atoms with Gasteiger partial charge >= 0.3 is 0 Å². The molecule has 0 saturated heterocycles. The largest absolute Gasteiger partial charge is 0.483 e. The van der Waals surface area contributed by atoms with Crippen LogP contribution in [0.15, 0.2) is 47.4 Å². The fourth-order valence-electron chi connectivity index (χ4n) is 2.87. The van der Waals surface area contributed by atoms with Crippen molar-refractivity contribution in [3.63, 3.8) is 0 Å². The second-order valence-electron chi connectivity index (χ2n) is 6.84. The molecule has 1 aliphatic heterocycles. The topological polar surface area (TPSA) is 75.7 Å². The van der Waals surface area contributed by atoms with Crippen LogP contribution in [-0.4, -0.2) is 32.4 Å². The molecule has 6 nitrogen and oxygen atoms in total. The molecule has 1 N–H and O–H groups in total. The van der Waals surface area contributed by atoms with Crippen LogP contribution in [0.4, 0.5) is 10.1 Å². The first-order valence-electron chi connectivity index (χ1n) is 8.56. The van der Waals surface area contributed by atoms with Crippen molar-refractivity contribution in [3.8, 4) is 5.75 Å². The maximum Gasteiger partial charge on any atom is 0.261 e. The summed E-state index contributed by atoms with van der Waals surface area (Å²) in [6.45, 7) is 4.94. The Morgan fingerprint density at radius 2 is 1.89 bits per heavy atom. The van der Waals surface area contributed by atoms with E-state index in [1.807, 2.05) is 13.8 Å². The normalized spacial score (nSPS) is 14.5. The number of fused-ring (bicyclic) bond motifs is 1. The van der Waals surface area contributed by atoms with Gasteiger partial charge in [-0.05, 0) is 48.4 Å². The number of amides is 1. The quantitative estimate of drug-likeness (QED) is 0.849. The van der Waals surface area contributed by atoms with Crippen molar-refractivity contribution in [2.75, 3.05) is 17.9 Å². The van der Waals surface area contributed by atoms with E-state index in [9.17, 15) is 17.6 Å². The van der Waals surface area contributed by atoms with Crippen LogP contribution in [0.25, 0.3) is 0 Å². The van der Waals surface area contributed by atoms with Crippen molar-refractivity contribution >= 4 is 21.6 Å². The number of hydrogen-bond acceptors (Lipinski definition) is 4. The van der Waals surface area contributed by atoms with Crippen LogP contribution >= 0.6 is 0 Å². The molecule has 0 atom stereocenters. The number of anilines is 1. The van der Waals surface area contributed by atoms with Gasteiger partial charge in [0.15, 0.2) is 6.61 Å². The van der Waals surface area contributed by atoms with Crippen LogP contribution in [0, 0.1) is 11.7 Å². The van der Waals surface area contributed by atoms with Crippen molar-refractivity contribution in [1.82, 2.24) is 4.90 Å². The average molecular weight is 392 g/mol. The van der Waals surface area contributed by atoms with Gasteiger partial charge in [0.25, 0.3) is 15.9 Å². The van der Waals surface area contributed by atoms with E-state index >= 15 is 0 Å². The summed E-state index contributed by atoms with van der Waals surface area (Å²) in [4.78, 5) is 13.9. The van der Waals surface area contributed by atoms with Gasteiger partial charge in [0, 0.05) is 24.3 Å². The molecule has 0 radical (unpaired) electrons. The zero-order valence-electron chi connectivity index (χ0n) is 15.1. The van der Waals surface area contributed by atoms with Crippen LogP contribution in [0.2, 0.25) is 0 Å². The smallest absolute Gasteiger partial charge is 0.261 e. The number of carbonyl (C=O) groups excluding carboxylic acids is 1. The summed E-state index contributed by atoms with van der Waals surface area (Å²) >= 11 is 0. The third kappa shape index (κ3) is 4.57. The minimum Gasteiger partial charge on any atom is -0.483 e. The molecule has 1 heterocycles. The molecule has 2 aromatic rings. The molecule has 0 fully saturated rings. The molecule has 0 unspecified atom stereocenters. The summed E-state index contributed by atoms with van der Waals surface area (Å²) in [5, 5.41) is 0. The number of nitrogens with one attached hydrogen (secondary N) is 1. The molecular weight excluding hydrogens is 371 g/mol. The highest BCUT2D eigenvalue weighted by atomic mass is 32.2. The number of benzene rings is 2. The molecule has 144 valence electrons. The lowest BCUT2D eigenvalue weighted by atomic mass is 10.1. The molecule has 0 saturated carbocycles. The van der Waals surface area contributed by atoms with Crippen LogP contribution in [0.3, 0.4) is 0 Å². The predicted octanol–water partition coefficient (Wildman–Crippen LogP) is 3.00. The molecule has 0 aliphatic carbocycles. The van der Waals surface area contributed by atoms with Gasteiger partial charge in [0.2, 0.25) is 0 Å². The van der Waals surface area contributed by atoms with Gasteiger partial charge in [-0.2, -0.15) is 0 Å². The minimum atomic E-state index is -3.85. The third-order valence-electron chi connectivity index (χ3n) is 4.09. The van der Waals surface area contributed by atoms with E-state index in [1.54, 1.807) is 23.1 Å². The molecule has 3 rings (SSSR count). The number of nitrogens with zero attached hydrogens (tertiary/aromatic N) is 1. The predicted molar refractivity (Wildman–Crippen MR) is 99.4 cm³/mol. The molecule has 1 aliphatic rings. The maximum atomic E-state index is 13.0. The molecule has 2 aromatic carbocycles. The number of ether oxygens (including phenoxy) is 1. The Morgan fingerprint density at radius 1 is 1.19 bits per heavy atom. The summed E-state index contributed by atoms with van der Waals surface area (Å²) in [7, 11) is -3.85. The van der Waals surface area contributed by atoms with Crippen LogP contribution in [0.5, 0.6) is 5.75 Å². The van der Waals surface area contributed by atoms with Gasteiger partial charge < -0.3 is 9.64 Å². The number of sulfonamides is 1. The zero-order chi connectivity index (χ0) is 19.6. The minimum absolute atomic E-state index is 0.0355. The van der Waals surface area contributed by atoms with E-state index in [1.165, 1.54) is 12.1 Å². The molecule has 1 amide bonds. The van der Waals surface area contributed by atoms with Crippen molar-refractivity contribution in [1.29, 1.82) is 0 Å². The Kier molecular flexibility index (Phi) is 5.36. The van der Waals surface area contributed by atoms with Crippen molar-refractivity contribution in [2.24, 2.45) is 5.92 Å². The standard InChI is InChI=1S/C19H21FN2O4S/c1-13(2)10-22-11-14-9-16(5-8-18(14)26-12-19(22)23)21-27(24,25)17-6-3-15(20)4-7-17/h3-9,13,21H,10-12H2,1-2H3. The highest BCUT2D eigenvalue weighted by molar-refractivity contribution is 7.92. The average Bonchev–Trinajstić information content (AvgIpc) is 2.74. The Hall–Kier alpha value is -2.61. The van der Waals surface area contributed by atoms with Gasteiger partial charge in [0.05, 0.1) is 4.90 Å². The Morgan fingerprint density at radius 3 is 2.56 bits per heavy atom. The number of rotatable bonds is 5. The molecule has 0 spiro atoms. The molecule has 8 heteroatoms. The first-order chi connectivity index (χ1) is 12.7. The van der Waals surface area contributed by atoms with Crippen molar-refractivity contribution in [3.05, 3.63) is 53.8 Å². The monoisotopic (exact) mass is 392 g/mol. The van der Waals surface area contributed by atoms with Gasteiger partial charge in [-0.1, -0.05) is 13.8 Å². The fraction of sp³-hybridized carbons (Fsp3) is 0.316. The summed E-state index contributed by atoms with van der Waals surface area (Å²) in [5.41, 5.74) is 1.07. The maximum absolute atomic E-state index is 13.0. The van der Waals surface area contributed by atoms with Gasteiger partial charge in [-0.3, -0.25) is 9.52 Å². The summed E-state index contributed by atoms with van der Waals surface area (Å²) < 4.78 is 46.0. The van der Waals surface area contributed by atoms with Gasteiger partial charge in [-0.15, -0.1) is 0 Å². The summed E-state index contributed by atoms with van der Waals surface area (Å²) in [5.74, 6) is 0.245. The van der Waals surface area contributed by atoms with Crippen LogP contribution in [0.1, 0.15) is 19.4 Å². The van der Waals surface area contributed by atoms with Crippen molar-refractivity contribution < 1.29 is 22.3 Å². The van der Waals surface area contributed by atoms with Gasteiger partial charge in [-0.25, -0.2) is 12.8 Å². The summed E-state index contributed by atoms with van der Waals surface area (Å²) in [6.07, 6.45) is 0. The van der Waals surface area contributed by atoms with Crippen LogP contribution in [-0.2, 0) is 21.4 Å². The Balaban J connectivity index is 1.85. The second kappa shape index (κ2) is 7.56. The Labute approximate surface area is 158 Å². The van der Waals surface area contributed by atoms with Gasteiger partial charge in [0.1, 0.15) is 11.6 Å². The lowest BCUT2D eigenvalue weighted by Crippen LogP contribution is -2.35. The van der Waals surface area contributed by atoms with E-state index in [0.717, 1.165) is 17.7 Å². The zero-order valence-corrected chi connectivity index (χ0v) is 15.9. The lowest BCUT2D eigenvalue weighted by Gasteiger charge is -2.22. The second-order valence-corrected chi connectivity index (χ2v) is 8.52. The Bertz CT molecular complexity index is 943. The first-order valence-corrected chi connectivity index (χ1v) is 10.0. The molecule has 27 heavy (non-hydrogen) atoms. The third-order valence-corrected chi connectivity index (χ3v) is 5.48. The highest BCUT2D eigenvalue weighted by Gasteiger charge is 2.23. The summed E-state index contributed by atoms with van der Waals surface area (Å²) in [6, 6.07) is 9.46. The SMILES string of the molecule is CC(C)CN1Cc2cc(NS(=O)(=O)c3ccc(F)cc3)ccc2OCC1=O. The lowest BCUT2D eigenvalue weighted by molar-refractivity contribution is -0.133. The highest BCUT2D eigenvalue weighted by Crippen LogP contribution is 2.28. The van der Waals surface area contributed by atoms with E-state index in [0.29, 0.717) is 30.4 Å². The number of halogens is 1. The molecule has 0 bridgehead atoms. The fourth-order valence-corrected chi connectivity index (χ4v) is 3.92. The van der Waals surface area contributed by atoms with E-state index in [-0.39, 0.29) is 17.4 Å². The molecular formula is C19H21FN2O4S. The number of carbonyl (C=O) groups is 1. The van der Waals surface area contributed by atoms with E-state index in [4.69, 9.17) is 4.74 Å². The number of hydrogen-bond donors (Lipinski definition) is 1. The van der Waals surface area contributed by atoms with Crippen molar-refractivity contribution in [2.45, 2.75) is 25.3 Å². The molecule has 0 aromatic heterocycles. The van der Waals surface area contributed by atoms with E-state index in [2.05, 4.69) is 4.72 Å². The van der Waals surface area contributed by atoms with E-state index < -0.39 is 15.8 Å². The first kappa shape index (κ1) is 19.2. The van der Waals surface area contributed by atoms with Crippen LogP contribution < -0.4 is 9.46 Å².